The highest BCUT2D eigenvalue weighted by Crippen LogP contribution is 2.29. The van der Waals surface area contributed by atoms with E-state index in [0.717, 1.165) is 28.7 Å². The molecule has 0 unspecified atom stereocenters. The molecule has 1 saturated heterocycles. The summed E-state index contributed by atoms with van der Waals surface area (Å²) in [5.41, 5.74) is 0.0180. The third-order valence-electron chi connectivity index (χ3n) is 7.55. The maximum Gasteiger partial charge on any atom is 0.332 e. The summed E-state index contributed by atoms with van der Waals surface area (Å²) in [6.07, 6.45) is -0.00724. The normalized spacial score (nSPS) is 13.9. The van der Waals surface area contributed by atoms with Crippen molar-refractivity contribution < 1.29 is 27.4 Å². The van der Waals surface area contributed by atoms with Crippen LogP contribution in [0.5, 0.6) is 11.5 Å². The molecule has 1 aliphatic heterocycles. The first-order valence-corrected chi connectivity index (χ1v) is 14.6. The van der Waals surface area contributed by atoms with Crippen LogP contribution in [0.2, 0.25) is 10.0 Å². The zero-order valence-electron chi connectivity index (χ0n) is 23.4. The van der Waals surface area contributed by atoms with E-state index in [2.05, 4.69) is 0 Å². The van der Waals surface area contributed by atoms with Gasteiger partial charge in [0.2, 0.25) is 6.41 Å². The van der Waals surface area contributed by atoms with Gasteiger partial charge in [-0.25, -0.2) is 18.0 Å². The van der Waals surface area contributed by atoms with Gasteiger partial charge in [-0.05, 0) is 48.7 Å². The summed E-state index contributed by atoms with van der Waals surface area (Å²) < 4.78 is 54.8. The molecule has 5 rings (SSSR count). The predicted molar refractivity (Wildman–Crippen MR) is 161 cm³/mol. The standard InChI is InChI=1S/C31H28Cl2F3N3O5/c32-21-4-3-20(26(33)11-21)17-43-23-5-1-19(2-6-23)16-38-30(41)25-12-29(44-24(14-34)15-35)27(36)13-28(25)39(31(38)42)22-7-9-37(18-40)10-8-22/h1-6,11-13,18,22,24H,7-10,14-17H2. The summed E-state index contributed by atoms with van der Waals surface area (Å²) in [6, 6.07) is 13.5. The number of piperidine rings is 1. The van der Waals surface area contributed by atoms with Gasteiger partial charge in [-0.15, -0.1) is 0 Å². The lowest BCUT2D eigenvalue weighted by Crippen LogP contribution is -2.44. The number of hydrogen-bond donors (Lipinski definition) is 0. The van der Waals surface area contributed by atoms with Crippen LogP contribution >= 0.6 is 23.2 Å². The highest BCUT2D eigenvalue weighted by molar-refractivity contribution is 6.35. The van der Waals surface area contributed by atoms with Crippen LogP contribution in [0.3, 0.4) is 0 Å². The number of halogens is 5. The summed E-state index contributed by atoms with van der Waals surface area (Å²) in [7, 11) is 0. The Morgan fingerprint density at radius 2 is 1.68 bits per heavy atom. The summed E-state index contributed by atoms with van der Waals surface area (Å²) in [5, 5.41) is 0.932. The fourth-order valence-electron chi connectivity index (χ4n) is 5.17. The molecule has 0 atom stereocenters. The molecule has 0 aliphatic carbocycles. The smallest absolute Gasteiger partial charge is 0.332 e. The van der Waals surface area contributed by atoms with Crippen molar-refractivity contribution in [2.45, 2.75) is 38.1 Å². The number of aromatic nitrogens is 2. The fraction of sp³-hybridized carbons (Fsp3) is 0.323. The Labute approximate surface area is 260 Å². The summed E-state index contributed by atoms with van der Waals surface area (Å²) in [4.78, 5) is 40.3. The van der Waals surface area contributed by atoms with Gasteiger partial charge >= 0.3 is 5.69 Å². The number of fused-ring (bicyclic) bond motifs is 1. The SMILES string of the molecule is O=CN1CCC(n2c(=O)n(Cc3ccc(OCc4ccc(Cl)cc4Cl)cc3)c(=O)c3cc(OC(CF)CF)c(F)cc32)CC1. The van der Waals surface area contributed by atoms with Crippen molar-refractivity contribution in [3.05, 3.63) is 102 Å². The second kappa shape index (κ2) is 13.8. The number of alkyl halides is 2. The molecule has 2 heterocycles. The maximum atomic E-state index is 15.1. The zero-order chi connectivity index (χ0) is 31.4. The molecule has 0 bridgehead atoms. The predicted octanol–water partition coefficient (Wildman–Crippen LogP) is 5.72. The highest BCUT2D eigenvalue weighted by Gasteiger charge is 2.26. The van der Waals surface area contributed by atoms with E-state index in [-0.39, 0.29) is 24.1 Å². The first-order valence-electron chi connectivity index (χ1n) is 13.8. The zero-order valence-corrected chi connectivity index (χ0v) is 24.9. The Balaban J connectivity index is 1.49. The number of hydrogen-bond acceptors (Lipinski definition) is 5. The summed E-state index contributed by atoms with van der Waals surface area (Å²) >= 11 is 12.2. The van der Waals surface area contributed by atoms with Crippen LogP contribution in [0.1, 0.15) is 30.0 Å². The molecule has 232 valence electrons. The number of nitrogens with zero attached hydrogens (tertiary/aromatic N) is 3. The second-order valence-electron chi connectivity index (χ2n) is 10.4. The molecule has 1 fully saturated rings. The molecule has 0 saturated carbocycles. The van der Waals surface area contributed by atoms with Crippen LogP contribution in [-0.4, -0.2) is 53.0 Å². The monoisotopic (exact) mass is 649 g/mol. The average Bonchev–Trinajstić information content (AvgIpc) is 3.03. The fourth-order valence-corrected chi connectivity index (χ4v) is 5.63. The van der Waals surface area contributed by atoms with Crippen molar-refractivity contribution in [1.29, 1.82) is 0 Å². The van der Waals surface area contributed by atoms with Gasteiger partial charge in [0.05, 0.1) is 17.4 Å². The van der Waals surface area contributed by atoms with Crippen molar-refractivity contribution in [3.63, 3.8) is 0 Å². The molecular weight excluding hydrogens is 622 g/mol. The van der Waals surface area contributed by atoms with Gasteiger partial charge in [0.25, 0.3) is 5.56 Å². The number of rotatable bonds is 11. The second-order valence-corrected chi connectivity index (χ2v) is 11.3. The molecule has 0 N–H and O–H groups in total. The third kappa shape index (κ3) is 6.73. The quantitative estimate of drug-likeness (QED) is 0.194. The van der Waals surface area contributed by atoms with E-state index in [1.54, 1.807) is 47.4 Å². The van der Waals surface area contributed by atoms with Crippen LogP contribution < -0.4 is 20.7 Å². The van der Waals surface area contributed by atoms with E-state index in [0.29, 0.717) is 47.3 Å². The lowest BCUT2D eigenvalue weighted by Gasteiger charge is -2.31. The number of ether oxygens (including phenoxy) is 2. The molecule has 1 amide bonds. The molecule has 1 aliphatic rings. The van der Waals surface area contributed by atoms with Crippen molar-refractivity contribution >= 4 is 40.5 Å². The Morgan fingerprint density at radius 1 is 0.977 bits per heavy atom. The van der Waals surface area contributed by atoms with Gasteiger partial charge in [-0.2, -0.15) is 0 Å². The van der Waals surface area contributed by atoms with E-state index in [1.807, 2.05) is 0 Å². The van der Waals surface area contributed by atoms with Gasteiger partial charge in [0, 0.05) is 40.8 Å². The molecule has 0 radical (unpaired) electrons. The maximum absolute atomic E-state index is 15.1. The van der Waals surface area contributed by atoms with Crippen molar-refractivity contribution in [2.24, 2.45) is 0 Å². The molecule has 3 aromatic carbocycles. The Bertz CT molecular complexity index is 1770. The summed E-state index contributed by atoms with van der Waals surface area (Å²) in [5.74, 6) is -0.933. The van der Waals surface area contributed by atoms with Gasteiger partial charge in [0.1, 0.15) is 25.7 Å². The molecule has 44 heavy (non-hydrogen) atoms. The molecule has 8 nitrogen and oxygen atoms in total. The van der Waals surface area contributed by atoms with E-state index in [4.69, 9.17) is 32.7 Å². The molecule has 0 spiro atoms. The Hall–Kier alpha value is -3.96. The van der Waals surface area contributed by atoms with Gasteiger partial charge < -0.3 is 14.4 Å². The van der Waals surface area contributed by atoms with E-state index in [1.165, 1.54) is 4.57 Å². The van der Waals surface area contributed by atoms with E-state index >= 15 is 4.39 Å². The number of likely N-dealkylation sites (tertiary alicyclic amines) is 1. The molecular formula is C31H28Cl2F3N3O5. The van der Waals surface area contributed by atoms with Crippen LogP contribution in [-0.2, 0) is 17.9 Å². The first kappa shape index (κ1) is 31.5. The van der Waals surface area contributed by atoms with Gasteiger partial charge in [-0.1, -0.05) is 41.4 Å². The number of benzene rings is 3. The number of carbonyl (C=O) groups excluding carboxylic acids is 1. The van der Waals surface area contributed by atoms with Crippen LogP contribution in [0.4, 0.5) is 13.2 Å². The highest BCUT2D eigenvalue weighted by atomic mass is 35.5. The number of amides is 1. The number of carbonyl (C=O) groups is 1. The summed E-state index contributed by atoms with van der Waals surface area (Å²) in [6.45, 7) is -1.56. The topological polar surface area (TPSA) is 82.8 Å². The molecule has 1 aromatic heterocycles. The van der Waals surface area contributed by atoms with Crippen molar-refractivity contribution in [3.8, 4) is 11.5 Å². The third-order valence-corrected chi connectivity index (χ3v) is 8.13. The van der Waals surface area contributed by atoms with Crippen molar-refractivity contribution in [2.75, 3.05) is 26.4 Å². The minimum Gasteiger partial charge on any atom is -0.489 e. The van der Waals surface area contributed by atoms with Crippen LogP contribution in [0, 0.1) is 5.82 Å². The van der Waals surface area contributed by atoms with E-state index < -0.39 is 48.3 Å². The van der Waals surface area contributed by atoms with E-state index in [9.17, 15) is 23.2 Å². The molecule has 4 aromatic rings. The van der Waals surface area contributed by atoms with Gasteiger partial charge in [0.15, 0.2) is 17.7 Å². The minimum absolute atomic E-state index is 0.0345. The van der Waals surface area contributed by atoms with Gasteiger partial charge in [-0.3, -0.25) is 18.7 Å². The minimum atomic E-state index is -1.54. The lowest BCUT2D eigenvalue weighted by molar-refractivity contribution is -0.119. The van der Waals surface area contributed by atoms with Crippen LogP contribution in [0.25, 0.3) is 10.9 Å². The first-order chi connectivity index (χ1) is 21.2. The average molecular weight is 650 g/mol. The lowest BCUT2D eigenvalue weighted by atomic mass is 10.0. The molecule has 13 heteroatoms. The Kier molecular flexibility index (Phi) is 9.85. The van der Waals surface area contributed by atoms with Crippen LogP contribution in [0.15, 0.2) is 64.2 Å². The largest absolute Gasteiger partial charge is 0.489 e. The Morgan fingerprint density at radius 3 is 2.32 bits per heavy atom. The van der Waals surface area contributed by atoms with Crippen molar-refractivity contribution in [1.82, 2.24) is 14.0 Å².